The minimum atomic E-state index is 0.650. The van der Waals surface area contributed by atoms with Gasteiger partial charge in [-0.1, -0.05) is 109 Å². The van der Waals surface area contributed by atoms with Crippen LogP contribution in [0.25, 0.3) is 86.9 Å². The molecule has 1 aromatic heterocycles. The van der Waals surface area contributed by atoms with E-state index in [1.807, 2.05) is 18.2 Å². The van der Waals surface area contributed by atoms with E-state index in [1.54, 1.807) is 0 Å². The number of hydrogen-bond donors (Lipinski definition) is 0. The third kappa shape index (κ3) is 3.88. The first-order valence-electron chi connectivity index (χ1n) is 15.2. The first-order chi connectivity index (χ1) is 22.3. The van der Waals surface area contributed by atoms with Crippen LogP contribution in [0.5, 0.6) is 0 Å². The van der Waals surface area contributed by atoms with Crippen molar-refractivity contribution in [3.63, 3.8) is 0 Å². The Morgan fingerprint density at radius 2 is 0.889 bits per heavy atom. The molecule has 0 aliphatic carbocycles. The molecule has 0 spiro atoms. The van der Waals surface area contributed by atoms with Gasteiger partial charge in [0.1, 0.15) is 0 Å². The molecule has 9 rings (SSSR count). The van der Waals surface area contributed by atoms with E-state index in [2.05, 4.69) is 149 Å². The van der Waals surface area contributed by atoms with Crippen LogP contribution >= 0.6 is 0 Å². The summed E-state index contributed by atoms with van der Waals surface area (Å²) < 4.78 is 2.30. The van der Waals surface area contributed by atoms with Gasteiger partial charge in [0.2, 0.25) is 0 Å². The van der Waals surface area contributed by atoms with Crippen molar-refractivity contribution in [3.05, 3.63) is 169 Å². The SMILES string of the molecule is [C-]#[N+]c1ccc2c(c1)c1cc(-c3cc4c5ccccc5c(-c5ccccc5)cc4c4ccccc34)ccc1n2-c1ccccc1. The van der Waals surface area contributed by atoms with E-state index in [4.69, 9.17) is 6.57 Å². The Bertz CT molecular complexity index is 2640. The second-order valence-corrected chi connectivity index (χ2v) is 11.6. The summed E-state index contributed by atoms with van der Waals surface area (Å²) in [5.74, 6) is 0. The lowest BCUT2D eigenvalue weighted by Gasteiger charge is -2.16. The van der Waals surface area contributed by atoms with E-state index in [1.165, 1.54) is 49.0 Å². The topological polar surface area (TPSA) is 9.29 Å². The maximum absolute atomic E-state index is 7.70. The molecule has 1 heterocycles. The lowest BCUT2D eigenvalue weighted by molar-refractivity contribution is 1.18. The van der Waals surface area contributed by atoms with E-state index in [0.29, 0.717) is 5.69 Å². The summed E-state index contributed by atoms with van der Waals surface area (Å²) >= 11 is 0. The smallest absolute Gasteiger partial charge is 0.188 e. The number of fused-ring (bicyclic) bond motifs is 8. The lowest BCUT2D eigenvalue weighted by atomic mass is 9.87. The molecule has 0 fully saturated rings. The molecular weight excluding hydrogens is 544 g/mol. The number of aromatic nitrogens is 1. The quantitative estimate of drug-likeness (QED) is 0.148. The van der Waals surface area contributed by atoms with Gasteiger partial charge in [0, 0.05) is 11.1 Å². The van der Waals surface area contributed by atoms with Gasteiger partial charge in [-0.3, -0.25) is 0 Å². The molecule has 0 aliphatic heterocycles. The van der Waals surface area contributed by atoms with Crippen LogP contribution in [0.3, 0.4) is 0 Å². The third-order valence-electron chi connectivity index (χ3n) is 9.17. The number of benzene rings is 8. The van der Waals surface area contributed by atoms with Gasteiger partial charge in [0.25, 0.3) is 0 Å². The molecular formula is C43H26N2. The number of nitrogens with zero attached hydrogens (tertiary/aromatic N) is 2. The Balaban J connectivity index is 1.37. The summed E-state index contributed by atoms with van der Waals surface area (Å²) in [5, 5.41) is 9.73. The largest absolute Gasteiger partial charge is 0.309 e. The van der Waals surface area contributed by atoms with Crippen LogP contribution in [0.1, 0.15) is 0 Å². The molecule has 0 unspecified atom stereocenters. The highest BCUT2D eigenvalue weighted by Gasteiger charge is 2.17. The van der Waals surface area contributed by atoms with Gasteiger partial charge >= 0.3 is 0 Å². The maximum atomic E-state index is 7.70. The van der Waals surface area contributed by atoms with Gasteiger partial charge in [0.05, 0.1) is 17.6 Å². The molecule has 0 bridgehead atoms. The van der Waals surface area contributed by atoms with Gasteiger partial charge in [-0.05, 0) is 108 Å². The predicted molar refractivity (Wildman–Crippen MR) is 190 cm³/mol. The molecule has 208 valence electrons. The van der Waals surface area contributed by atoms with Gasteiger partial charge in [-0.2, -0.15) is 0 Å². The fourth-order valence-electron chi connectivity index (χ4n) is 7.15. The van der Waals surface area contributed by atoms with Crippen LogP contribution in [-0.2, 0) is 0 Å². The van der Waals surface area contributed by atoms with Gasteiger partial charge < -0.3 is 4.57 Å². The van der Waals surface area contributed by atoms with E-state index in [-0.39, 0.29) is 0 Å². The molecule has 0 N–H and O–H groups in total. The fourth-order valence-corrected chi connectivity index (χ4v) is 7.15. The van der Waals surface area contributed by atoms with Crippen molar-refractivity contribution >= 4 is 59.8 Å². The average Bonchev–Trinajstić information content (AvgIpc) is 3.44. The Morgan fingerprint density at radius 3 is 1.51 bits per heavy atom. The van der Waals surface area contributed by atoms with Crippen molar-refractivity contribution in [1.29, 1.82) is 0 Å². The van der Waals surface area contributed by atoms with Crippen LogP contribution < -0.4 is 0 Å². The van der Waals surface area contributed by atoms with Crippen molar-refractivity contribution in [1.82, 2.24) is 4.57 Å². The molecule has 0 saturated carbocycles. The number of hydrogen-bond acceptors (Lipinski definition) is 0. The Morgan fingerprint density at radius 1 is 0.378 bits per heavy atom. The first-order valence-corrected chi connectivity index (χ1v) is 15.2. The van der Waals surface area contributed by atoms with Crippen LogP contribution in [0.15, 0.2) is 158 Å². The molecule has 0 aliphatic rings. The normalized spacial score (nSPS) is 11.5. The van der Waals surface area contributed by atoms with E-state index in [9.17, 15) is 0 Å². The zero-order chi connectivity index (χ0) is 29.9. The van der Waals surface area contributed by atoms with Gasteiger partial charge in [-0.25, -0.2) is 4.85 Å². The molecule has 0 radical (unpaired) electrons. The molecule has 2 heteroatoms. The number of rotatable bonds is 3. The first kappa shape index (κ1) is 25.3. The van der Waals surface area contributed by atoms with Crippen molar-refractivity contribution < 1.29 is 0 Å². The lowest BCUT2D eigenvalue weighted by Crippen LogP contribution is -1.93. The molecule has 0 amide bonds. The Hall–Kier alpha value is -6.17. The molecule has 8 aromatic carbocycles. The fraction of sp³-hybridized carbons (Fsp3) is 0. The highest BCUT2D eigenvalue weighted by atomic mass is 15.0. The second kappa shape index (κ2) is 9.95. The molecule has 0 atom stereocenters. The van der Waals surface area contributed by atoms with Gasteiger partial charge in [0.15, 0.2) is 5.69 Å². The van der Waals surface area contributed by atoms with Crippen molar-refractivity contribution in [3.8, 4) is 27.9 Å². The second-order valence-electron chi connectivity index (χ2n) is 11.6. The minimum absolute atomic E-state index is 0.650. The van der Waals surface area contributed by atoms with Crippen molar-refractivity contribution in [2.24, 2.45) is 0 Å². The highest BCUT2D eigenvalue weighted by Crippen LogP contribution is 2.43. The van der Waals surface area contributed by atoms with Crippen molar-refractivity contribution in [2.45, 2.75) is 0 Å². The standard InChI is InChI=1S/C43H26N2/c1-44-30-21-23-43-41(25-30)40-24-29(20-22-42(40)45(43)31-14-6-3-7-15-31)37-27-39-34-18-10-8-16-32(34)36(28-12-4-2-5-13-28)26-38(39)35-19-11-9-17-33(35)37/h2-27H. The van der Waals surface area contributed by atoms with E-state index in [0.717, 1.165) is 33.1 Å². The van der Waals surface area contributed by atoms with Crippen LogP contribution in [0.2, 0.25) is 0 Å². The summed E-state index contributed by atoms with van der Waals surface area (Å²) in [6, 6.07) is 56.3. The summed E-state index contributed by atoms with van der Waals surface area (Å²) in [5.41, 5.74) is 8.84. The summed E-state index contributed by atoms with van der Waals surface area (Å²) in [4.78, 5) is 3.76. The predicted octanol–water partition coefficient (Wildman–Crippen LogP) is 12.1. The number of para-hydroxylation sites is 1. The van der Waals surface area contributed by atoms with E-state index >= 15 is 0 Å². The van der Waals surface area contributed by atoms with Crippen molar-refractivity contribution in [2.75, 3.05) is 0 Å². The molecule has 0 saturated heterocycles. The summed E-state index contributed by atoms with van der Waals surface area (Å²) in [7, 11) is 0. The van der Waals surface area contributed by atoms with Crippen LogP contribution in [0, 0.1) is 6.57 Å². The Kier molecular flexibility index (Phi) is 5.60. The monoisotopic (exact) mass is 570 g/mol. The molecule has 9 aromatic rings. The molecule has 2 nitrogen and oxygen atoms in total. The van der Waals surface area contributed by atoms with Gasteiger partial charge in [-0.15, -0.1) is 0 Å². The minimum Gasteiger partial charge on any atom is -0.309 e. The summed E-state index contributed by atoms with van der Waals surface area (Å²) in [6.07, 6.45) is 0. The summed E-state index contributed by atoms with van der Waals surface area (Å²) in [6.45, 7) is 7.70. The third-order valence-corrected chi connectivity index (χ3v) is 9.17. The zero-order valence-electron chi connectivity index (χ0n) is 24.4. The van der Waals surface area contributed by atoms with E-state index < -0.39 is 0 Å². The van der Waals surface area contributed by atoms with Crippen LogP contribution in [0.4, 0.5) is 5.69 Å². The van der Waals surface area contributed by atoms with Crippen LogP contribution in [-0.4, -0.2) is 4.57 Å². The highest BCUT2D eigenvalue weighted by molar-refractivity contribution is 6.24. The Labute approximate surface area is 260 Å². The average molecular weight is 571 g/mol. The maximum Gasteiger partial charge on any atom is 0.188 e. The zero-order valence-corrected chi connectivity index (χ0v) is 24.4. The molecule has 45 heavy (non-hydrogen) atoms.